The highest BCUT2D eigenvalue weighted by atomic mass is 35.5. The van der Waals surface area contributed by atoms with Crippen LogP contribution < -0.4 is 11.1 Å². The number of hydrogen-bond acceptors (Lipinski definition) is 3. The largest absolute Gasteiger partial charge is 0.418 e. The fourth-order valence-electron chi connectivity index (χ4n) is 2.63. The molecule has 0 spiro atoms. The lowest BCUT2D eigenvalue weighted by Gasteiger charge is -2.29. The molecule has 0 atom stereocenters. The molecule has 1 saturated heterocycles. The van der Waals surface area contributed by atoms with Crippen LogP contribution in [0.25, 0.3) is 0 Å². The fraction of sp³-hybridized carbons (Fsp3) is 0.467. The second-order valence-corrected chi connectivity index (χ2v) is 6.13. The number of nitrogens with one attached hydrogen (secondary N) is 1. The van der Waals surface area contributed by atoms with Crippen molar-refractivity contribution in [2.75, 3.05) is 25.0 Å². The Hall–Kier alpha value is -1.80. The number of hydrogen-bond donors (Lipinski definition) is 2. The van der Waals surface area contributed by atoms with E-state index in [1.165, 1.54) is 6.07 Å². The molecule has 1 heterocycles. The minimum atomic E-state index is -4.62. The molecule has 0 unspecified atom stereocenters. The molecule has 2 rings (SSSR count). The fourth-order valence-corrected chi connectivity index (χ4v) is 2.80. The molecule has 3 N–H and O–H groups in total. The maximum atomic E-state index is 13.0. The van der Waals surface area contributed by atoms with E-state index >= 15 is 0 Å². The van der Waals surface area contributed by atoms with Crippen LogP contribution in [0.4, 0.5) is 18.9 Å². The number of amides is 2. The summed E-state index contributed by atoms with van der Waals surface area (Å²) in [5.41, 5.74) is 3.91. The van der Waals surface area contributed by atoms with Gasteiger partial charge in [-0.05, 0) is 44.1 Å². The van der Waals surface area contributed by atoms with Gasteiger partial charge in [-0.2, -0.15) is 13.2 Å². The molecule has 0 aliphatic carbocycles. The first-order valence-electron chi connectivity index (χ1n) is 7.35. The van der Waals surface area contributed by atoms with Crippen LogP contribution in [-0.4, -0.2) is 36.3 Å². The lowest BCUT2D eigenvalue weighted by atomic mass is 9.96. The van der Waals surface area contributed by atoms with Crippen LogP contribution in [0.15, 0.2) is 18.2 Å². The van der Waals surface area contributed by atoms with Gasteiger partial charge in [0.2, 0.25) is 11.8 Å². The molecule has 0 radical (unpaired) electrons. The number of piperidine rings is 1. The molecule has 0 bridgehead atoms. The van der Waals surface area contributed by atoms with Gasteiger partial charge < -0.3 is 11.1 Å². The third kappa shape index (κ3) is 4.85. The lowest BCUT2D eigenvalue weighted by Crippen LogP contribution is -2.42. The van der Waals surface area contributed by atoms with E-state index in [0.29, 0.717) is 25.9 Å². The van der Waals surface area contributed by atoms with E-state index < -0.39 is 17.6 Å². The lowest BCUT2D eigenvalue weighted by molar-refractivity contribution is -0.137. The Labute approximate surface area is 141 Å². The zero-order valence-corrected chi connectivity index (χ0v) is 13.5. The van der Waals surface area contributed by atoms with E-state index in [1.807, 2.05) is 0 Å². The van der Waals surface area contributed by atoms with Gasteiger partial charge >= 0.3 is 6.18 Å². The molecular formula is C15H17ClF3N3O2. The van der Waals surface area contributed by atoms with Crippen molar-refractivity contribution in [3.05, 3.63) is 28.8 Å². The summed E-state index contributed by atoms with van der Waals surface area (Å²) in [5, 5.41) is 2.21. The highest BCUT2D eigenvalue weighted by Crippen LogP contribution is 2.36. The Morgan fingerprint density at radius 2 is 1.92 bits per heavy atom. The summed E-state index contributed by atoms with van der Waals surface area (Å²) in [5.74, 6) is -1.13. The number of anilines is 1. The van der Waals surface area contributed by atoms with Gasteiger partial charge in [-0.15, -0.1) is 0 Å². The second-order valence-electron chi connectivity index (χ2n) is 5.69. The molecule has 5 nitrogen and oxygen atoms in total. The van der Waals surface area contributed by atoms with Crippen molar-refractivity contribution in [1.29, 1.82) is 0 Å². The zero-order chi connectivity index (χ0) is 17.9. The van der Waals surface area contributed by atoms with Gasteiger partial charge in [0.1, 0.15) is 0 Å². The summed E-state index contributed by atoms with van der Waals surface area (Å²) in [6.07, 6.45) is -3.54. The number of carbonyl (C=O) groups excluding carboxylic acids is 2. The van der Waals surface area contributed by atoms with E-state index in [0.717, 1.165) is 12.1 Å². The summed E-state index contributed by atoms with van der Waals surface area (Å²) in [6, 6.07) is 3.18. The summed E-state index contributed by atoms with van der Waals surface area (Å²) in [6.45, 7) is 0.937. The van der Waals surface area contributed by atoms with Crippen molar-refractivity contribution in [1.82, 2.24) is 4.90 Å². The maximum Gasteiger partial charge on any atom is 0.418 e. The highest BCUT2D eigenvalue weighted by molar-refractivity contribution is 6.30. The predicted octanol–water partition coefficient (Wildman–Crippen LogP) is 2.49. The molecule has 2 amide bonds. The van der Waals surface area contributed by atoms with Crippen LogP contribution in [0.2, 0.25) is 5.02 Å². The van der Waals surface area contributed by atoms with Gasteiger partial charge in [0.15, 0.2) is 0 Å². The minimum Gasteiger partial charge on any atom is -0.369 e. The Morgan fingerprint density at radius 3 is 2.46 bits per heavy atom. The maximum absolute atomic E-state index is 13.0. The molecule has 1 fully saturated rings. The molecular weight excluding hydrogens is 347 g/mol. The highest BCUT2D eigenvalue weighted by Gasteiger charge is 2.34. The Morgan fingerprint density at radius 1 is 1.29 bits per heavy atom. The van der Waals surface area contributed by atoms with Crippen molar-refractivity contribution >= 4 is 29.1 Å². The van der Waals surface area contributed by atoms with E-state index in [9.17, 15) is 22.8 Å². The predicted molar refractivity (Wildman–Crippen MR) is 83.4 cm³/mol. The molecule has 1 aliphatic heterocycles. The molecule has 1 aromatic carbocycles. The molecule has 1 aliphatic rings. The van der Waals surface area contributed by atoms with Gasteiger partial charge in [0.05, 0.1) is 17.8 Å². The summed E-state index contributed by atoms with van der Waals surface area (Å²) in [7, 11) is 0. The van der Waals surface area contributed by atoms with Gasteiger partial charge in [0, 0.05) is 10.9 Å². The number of nitrogens with zero attached hydrogens (tertiary/aromatic N) is 1. The zero-order valence-electron chi connectivity index (χ0n) is 12.7. The van der Waals surface area contributed by atoms with E-state index in [2.05, 4.69) is 5.32 Å². The topological polar surface area (TPSA) is 75.4 Å². The quantitative estimate of drug-likeness (QED) is 0.863. The molecule has 132 valence electrons. The summed E-state index contributed by atoms with van der Waals surface area (Å²) in [4.78, 5) is 24.9. The average molecular weight is 364 g/mol. The van der Waals surface area contributed by atoms with Gasteiger partial charge in [-0.3, -0.25) is 14.5 Å². The van der Waals surface area contributed by atoms with Crippen LogP contribution in [0.3, 0.4) is 0 Å². The molecule has 24 heavy (non-hydrogen) atoms. The SMILES string of the molecule is NC(=O)C1CCN(CC(=O)Nc2ccc(Cl)cc2C(F)(F)F)CC1. The van der Waals surface area contributed by atoms with Crippen molar-refractivity contribution < 1.29 is 22.8 Å². The molecule has 0 saturated carbocycles. The molecule has 0 aromatic heterocycles. The first kappa shape index (κ1) is 18.5. The summed E-state index contributed by atoms with van der Waals surface area (Å²) < 4.78 is 39.0. The Kier molecular flexibility index (Phi) is 5.71. The van der Waals surface area contributed by atoms with E-state index in [4.69, 9.17) is 17.3 Å². The van der Waals surface area contributed by atoms with Crippen LogP contribution in [0.5, 0.6) is 0 Å². The van der Waals surface area contributed by atoms with E-state index in [1.54, 1.807) is 4.90 Å². The van der Waals surface area contributed by atoms with Gasteiger partial charge in [0.25, 0.3) is 0 Å². The van der Waals surface area contributed by atoms with Crippen LogP contribution >= 0.6 is 11.6 Å². The van der Waals surface area contributed by atoms with Gasteiger partial charge in [-0.1, -0.05) is 11.6 Å². The van der Waals surface area contributed by atoms with Crippen LogP contribution in [0.1, 0.15) is 18.4 Å². The van der Waals surface area contributed by atoms with E-state index in [-0.39, 0.29) is 29.1 Å². The Balaban J connectivity index is 1.97. The van der Waals surface area contributed by atoms with Crippen molar-refractivity contribution in [3.8, 4) is 0 Å². The van der Waals surface area contributed by atoms with Crippen molar-refractivity contribution in [2.24, 2.45) is 11.7 Å². The smallest absolute Gasteiger partial charge is 0.369 e. The second kappa shape index (κ2) is 7.40. The van der Waals surface area contributed by atoms with Crippen molar-refractivity contribution in [3.63, 3.8) is 0 Å². The third-order valence-corrected chi connectivity index (χ3v) is 4.15. The standard InChI is InChI=1S/C15H17ClF3N3O2/c16-10-1-2-12(11(7-10)15(17,18)19)21-13(23)8-22-5-3-9(4-6-22)14(20)24/h1-2,7,9H,3-6,8H2,(H2,20,24)(H,21,23). The summed E-state index contributed by atoms with van der Waals surface area (Å²) >= 11 is 5.60. The number of carbonyl (C=O) groups is 2. The number of halogens is 4. The average Bonchev–Trinajstić information content (AvgIpc) is 2.48. The number of rotatable bonds is 4. The first-order valence-corrected chi connectivity index (χ1v) is 7.73. The number of alkyl halides is 3. The number of primary amides is 1. The third-order valence-electron chi connectivity index (χ3n) is 3.92. The molecule has 9 heteroatoms. The number of nitrogens with two attached hydrogens (primary N) is 1. The monoisotopic (exact) mass is 363 g/mol. The number of likely N-dealkylation sites (tertiary alicyclic amines) is 1. The Bertz CT molecular complexity index is 629. The van der Waals surface area contributed by atoms with Crippen LogP contribution in [-0.2, 0) is 15.8 Å². The van der Waals surface area contributed by atoms with Gasteiger partial charge in [-0.25, -0.2) is 0 Å². The van der Waals surface area contributed by atoms with Crippen LogP contribution in [0, 0.1) is 5.92 Å². The minimum absolute atomic E-state index is 0.0502. The van der Waals surface area contributed by atoms with Crippen molar-refractivity contribution in [2.45, 2.75) is 19.0 Å². The normalized spacial score (nSPS) is 16.8. The molecule has 1 aromatic rings. The first-order chi connectivity index (χ1) is 11.2. The number of benzene rings is 1.